The number of hydrogen-bond acceptors (Lipinski definition) is 7. The average Bonchev–Trinajstić information content (AvgIpc) is 3.58. The van der Waals surface area contributed by atoms with Gasteiger partial charge in [0.1, 0.15) is 5.82 Å². The topological polar surface area (TPSA) is 116 Å². The molecule has 0 unspecified atom stereocenters. The lowest BCUT2D eigenvalue weighted by Gasteiger charge is -2.51. The highest BCUT2D eigenvalue weighted by Crippen LogP contribution is 2.66. The van der Waals surface area contributed by atoms with E-state index in [1.165, 1.54) is 37.4 Å². The Labute approximate surface area is 357 Å². The molecule has 4 aromatic rings. The molecule has 1 saturated carbocycles. The van der Waals surface area contributed by atoms with Gasteiger partial charge in [0.2, 0.25) is 11.8 Å². The molecule has 4 aliphatic rings. The van der Waals surface area contributed by atoms with Gasteiger partial charge < -0.3 is 9.84 Å². The number of phenolic OH excluding ortho intramolecular Hbond substituents is 1. The van der Waals surface area contributed by atoms with Gasteiger partial charge in [-0.1, -0.05) is 35.4 Å². The Bertz CT molecular complexity index is 2500. The predicted octanol–water partition coefficient (Wildman–Crippen LogP) is 9.95. The lowest BCUT2D eigenvalue weighted by atomic mass is 9.49. The summed E-state index contributed by atoms with van der Waals surface area (Å²) < 4.78 is 104. The number of phenols is 1. The molecular formula is C41H27Br2ClF7N3O6. The summed E-state index contributed by atoms with van der Waals surface area (Å²) in [7, 11) is 1.28. The Morgan fingerprint density at radius 3 is 2.03 bits per heavy atom. The van der Waals surface area contributed by atoms with Crippen molar-refractivity contribution < 1.29 is 59.8 Å². The molecule has 60 heavy (non-hydrogen) atoms. The number of imide groups is 2. The second-order valence-corrected chi connectivity index (χ2v) is 16.8. The normalized spacial score (nSPS) is 25.2. The number of hydrazine groups is 1. The van der Waals surface area contributed by atoms with Crippen LogP contribution in [0.1, 0.15) is 41.0 Å². The first-order chi connectivity index (χ1) is 28.2. The van der Waals surface area contributed by atoms with Crippen molar-refractivity contribution in [1.82, 2.24) is 5.01 Å². The number of methoxy groups -OCH3 is 1. The van der Waals surface area contributed by atoms with Gasteiger partial charge in [-0.2, -0.15) is 31.4 Å². The summed E-state index contributed by atoms with van der Waals surface area (Å²) in [6.07, 6.45) is -9.47. The van der Waals surface area contributed by atoms with Gasteiger partial charge in [0, 0.05) is 15.4 Å². The van der Waals surface area contributed by atoms with Crippen molar-refractivity contribution in [3.05, 3.63) is 126 Å². The Hall–Kier alpha value is -4.94. The number of benzene rings is 4. The third kappa shape index (κ3) is 6.39. The first kappa shape index (κ1) is 41.8. The quantitative estimate of drug-likeness (QED) is 0.112. The van der Waals surface area contributed by atoms with Crippen molar-refractivity contribution in [3.8, 4) is 11.5 Å². The van der Waals surface area contributed by atoms with E-state index >= 15 is 4.79 Å². The maximum absolute atomic E-state index is 15.4. The third-order valence-electron chi connectivity index (χ3n) is 11.8. The van der Waals surface area contributed by atoms with Crippen molar-refractivity contribution in [2.75, 3.05) is 17.4 Å². The molecule has 312 valence electrons. The first-order valence-electron chi connectivity index (χ1n) is 18.0. The van der Waals surface area contributed by atoms with Gasteiger partial charge in [0.15, 0.2) is 11.5 Å². The van der Waals surface area contributed by atoms with Gasteiger partial charge in [-0.25, -0.2) is 9.29 Å². The highest BCUT2D eigenvalue weighted by atomic mass is 79.9. The van der Waals surface area contributed by atoms with Crippen LogP contribution in [0.15, 0.2) is 93.4 Å². The number of amides is 4. The first-order valence-corrected chi connectivity index (χ1v) is 19.9. The van der Waals surface area contributed by atoms with Crippen molar-refractivity contribution in [2.24, 2.45) is 23.7 Å². The molecule has 6 atom stereocenters. The molecule has 2 aliphatic carbocycles. The number of ether oxygens (including phenoxy) is 1. The number of aromatic hydroxyl groups is 1. The van der Waals surface area contributed by atoms with Gasteiger partial charge in [-0.3, -0.25) is 24.6 Å². The molecule has 4 aromatic carbocycles. The fraction of sp³-hybridized carbons (Fsp3) is 0.268. The highest BCUT2D eigenvalue weighted by molar-refractivity contribution is 9.13. The molecule has 0 spiro atoms. The number of carbonyl (C=O) groups excluding carboxylic acids is 4. The number of hydrogen-bond donors (Lipinski definition) is 2. The summed E-state index contributed by atoms with van der Waals surface area (Å²) >= 11 is 13.2. The van der Waals surface area contributed by atoms with Crippen molar-refractivity contribution >= 4 is 78.5 Å². The molecule has 0 radical (unpaired) electrons. The van der Waals surface area contributed by atoms with E-state index < -0.39 is 93.6 Å². The van der Waals surface area contributed by atoms with Crippen LogP contribution in [0.4, 0.5) is 42.1 Å². The molecule has 2 saturated heterocycles. The molecule has 2 aliphatic heterocycles. The number of rotatable bonds is 6. The Kier molecular flexibility index (Phi) is 10.2. The van der Waals surface area contributed by atoms with Crippen LogP contribution in [0.5, 0.6) is 11.5 Å². The fourth-order valence-corrected chi connectivity index (χ4v) is 10.4. The summed E-state index contributed by atoms with van der Waals surface area (Å²) in [5, 5.41) is 12.1. The minimum atomic E-state index is -5.28. The van der Waals surface area contributed by atoms with E-state index in [0.29, 0.717) is 28.2 Å². The molecule has 9 nitrogen and oxygen atoms in total. The summed E-state index contributed by atoms with van der Waals surface area (Å²) in [6, 6.07) is 12.9. The van der Waals surface area contributed by atoms with E-state index in [9.17, 15) is 50.2 Å². The van der Waals surface area contributed by atoms with Crippen LogP contribution in [0.2, 0.25) is 5.02 Å². The average molecular weight is 986 g/mol. The SMILES string of the molecule is COc1cc([C@H]2C3=CC[C@@H]4C(=O)N(c5cc(C(F)(F)F)cc(C(F)(F)F)c5)C(=O)[C@@H]4[C@@H]3C[C@H]3C(=O)N(Nc4ccc(F)cc4)C(=O)[C@@]23c2ccc(Cl)cc2)c(Br)c(Br)c1O. The lowest BCUT2D eigenvalue weighted by Crippen LogP contribution is -2.53. The van der Waals surface area contributed by atoms with E-state index in [2.05, 4.69) is 37.3 Å². The molecule has 4 amide bonds. The number of halogens is 10. The smallest absolute Gasteiger partial charge is 0.416 e. The van der Waals surface area contributed by atoms with Gasteiger partial charge in [-0.05, 0) is 122 Å². The van der Waals surface area contributed by atoms with Crippen LogP contribution in [-0.4, -0.2) is 40.9 Å². The van der Waals surface area contributed by atoms with Gasteiger partial charge >= 0.3 is 12.4 Å². The lowest BCUT2D eigenvalue weighted by molar-refractivity contribution is -0.143. The minimum absolute atomic E-state index is 0.0688. The summed E-state index contributed by atoms with van der Waals surface area (Å²) in [5.41, 5.74) is -2.42. The zero-order valence-corrected chi connectivity index (χ0v) is 34.4. The Morgan fingerprint density at radius 1 is 0.833 bits per heavy atom. The number of anilines is 2. The van der Waals surface area contributed by atoms with Crippen molar-refractivity contribution in [3.63, 3.8) is 0 Å². The number of allylic oxidation sites excluding steroid dienone is 2. The van der Waals surface area contributed by atoms with Crippen molar-refractivity contribution in [2.45, 2.75) is 36.5 Å². The van der Waals surface area contributed by atoms with Crippen LogP contribution in [-0.2, 0) is 36.9 Å². The second-order valence-electron chi connectivity index (χ2n) is 14.8. The van der Waals surface area contributed by atoms with E-state index in [4.69, 9.17) is 16.3 Å². The Morgan fingerprint density at radius 2 is 1.45 bits per heavy atom. The van der Waals surface area contributed by atoms with Gasteiger partial charge in [-0.15, -0.1) is 0 Å². The number of carbonyl (C=O) groups is 4. The number of fused-ring (bicyclic) bond motifs is 4. The number of alkyl halides is 6. The molecule has 8 rings (SSSR count). The minimum Gasteiger partial charge on any atom is -0.503 e. The summed E-state index contributed by atoms with van der Waals surface area (Å²) in [5.74, 6) is -11.1. The van der Waals surface area contributed by atoms with Gasteiger partial charge in [0.25, 0.3) is 11.8 Å². The van der Waals surface area contributed by atoms with Crippen LogP contribution >= 0.6 is 43.5 Å². The highest BCUT2D eigenvalue weighted by Gasteiger charge is 2.71. The van der Waals surface area contributed by atoms with E-state index in [0.717, 1.165) is 17.1 Å². The molecule has 3 fully saturated rings. The molecule has 19 heteroatoms. The standard InChI is InChI=1S/C41H27Br2ClF7N3O6/c1-60-29-16-27(32(42)33(43)34(29)55)31-24-10-11-25-30(37(58)53(35(25)56)23-13-18(40(46,47)48)12-19(14-23)41(49,50)51)26(24)15-28-36(57)54(52-22-8-6-21(45)7-9-22)38(59)39(28,31)17-2-4-20(44)5-3-17/h2-10,12-14,16,25-26,28,30-31,52,55H,11,15H2,1H3/t25-,26+,28-,30-,31+,39+/m0/s1. The third-order valence-corrected chi connectivity index (χ3v) is 14.2. The number of nitrogens with zero attached hydrogens (tertiary/aromatic N) is 2. The maximum Gasteiger partial charge on any atom is 0.416 e. The largest absolute Gasteiger partial charge is 0.503 e. The van der Waals surface area contributed by atoms with E-state index in [1.54, 1.807) is 18.2 Å². The van der Waals surface area contributed by atoms with Crippen LogP contribution < -0.4 is 15.1 Å². The second kappa shape index (κ2) is 14.6. The molecule has 2 N–H and O–H groups in total. The zero-order valence-electron chi connectivity index (χ0n) is 30.5. The van der Waals surface area contributed by atoms with Crippen molar-refractivity contribution in [1.29, 1.82) is 0 Å². The summed E-state index contributed by atoms with van der Waals surface area (Å²) in [4.78, 5) is 59.4. The number of nitrogens with one attached hydrogen (secondary N) is 1. The van der Waals surface area contributed by atoms with E-state index in [-0.39, 0.29) is 55.6 Å². The molecular weight excluding hydrogens is 959 g/mol. The fourth-order valence-electron chi connectivity index (χ4n) is 9.30. The molecule has 2 heterocycles. The van der Waals surface area contributed by atoms with Gasteiger partial charge in [0.05, 0.1) is 57.3 Å². The monoisotopic (exact) mass is 983 g/mol. The van der Waals surface area contributed by atoms with Crippen LogP contribution in [0, 0.1) is 29.5 Å². The molecule has 0 aromatic heterocycles. The molecule has 0 bridgehead atoms. The van der Waals surface area contributed by atoms with Crippen LogP contribution in [0.25, 0.3) is 0 Å². The predicted molar refractivity (Wildman–Crippen MR) is 208 cm³/mol. The summed E-state index contributed by atoms with van der Waals surface area (Å²) in [6.45, 7) is 0. The maximum atomic E-state index is 15.4. The Balaban J connectivity index is 1.35. The van der Waals surface area contributed by atoms with Crippen LogP contribution in [0.3, 0.4) is 0 Å². The van der Waals surface area contributed by atoms with E-state index in [1.807, 2.05) is 0 Å². The zero-order chi connectivity index (χ0) is 43.4.